The third-order valence-electron chi connectivity index (χ3n) is 4.16. The van der Waals surface area contributed by atoms with Crippen molar-refractivity contribution in [3.8, 4) is 11.5 Å². The van der Waals surface area contributed by atoms with Crippen LogP contribution in [0, 0.1) is 5.92 Å². The quantitative estimate of drug-likeness (QED) is 0.485. The maximum absolute atomic E-state index is 12.2. The Balaban J connectivity index is 1.76. The average Bonchev–Trinajstić information content (AvgIpc) is 2.68. The predicted molar refractivity (Wildman–Crippen MR) is 115 cm³/mol. The van der Waals surface area contributed by atoms with Gasteiger partial charge in [0.2, 0.25) is 5.91 Å². The molecule has 2 aromatic rings. The second-order valence-electron chi connectivity index (χ2n) is 7.19. The summed E-state index contributed by atoms with van der Waals surface area (Å²) in [4.78, 5) is 12.2. The number of rotatable bonds is 12. The molecule has 0 spiro atoms. The molecule has 1 amide bonds. The first kappa shape index (κ1) is 21.6. The lowest BCUT2D eigenvalue weighted by molar-refractivity contribution is -0.114. The number of ether oxygens (including phenoxy) is 2. The van der Waals surface area contributed by atoms with Crippen molar-refractivity contribution in [3.05, 3.63) is 48.5 Å². The third kappa shape index (κ3) is 8.33. The minimum absolute atomic E-state index is 0.109. The van der Waals surface area contributed by atoms with E-state index in [1.54, 1.807) is 0 Å². The van der Waals surface area contributed by atoms with E-state index in [0.717, 1.165) is 48.7 Å². The second-order valence-corrected chi connectivity index (χ2v) is 7.19. The summed E-state index contributed by atoms with van der Waals surface area (Å²) in [5.74, 6) is 2.11. The van der Waals surface area contributed by atoms with Crippen LogP contribution in [-0.2, 0) is 4.79 Å². The first-order chi connectivity index (χ1) is 13.6. The third-order valence-corrected chi connectivity index (χ3v) is 4.16. The van der Waals surface area contributed by atoms with E-state index in [1.165, 1.54) is 0 Å². The number of amides is 1. The zero-order valence-corrected chi connectivity index (χ0v) is 17.2. The van der Waals surface area contributed by atoms with Gasteiger partial charge in [0, 0.05) is 17.4 Å². The van der Waals surface area contributed by atoms with Crippen molar-refractivity contribution >= 4 is 17.3 Å². The molecule has 0 aromatic heterocycles. The summed E-state index contributed by atoms with van der Waals surface area (Å²) in [7, 11) is 0. The van der Waals surface area contributed by atoms with E-state index in [-0.39, 0.29) is 12.5 Å². The lowest BCUT2D eigenvalue weighted by Crippen LogP contribution is -2.21. The molecule has 0 heterocycles. The van der Waals surface area contributed by atoms with Gasteiger partial charge in [0.25, 0.3) is 0 Å². The molecular weight excluding hydrogens is 352 g/mol. The van der Waals surface area contributed by atoms with Crippen molar-refractivity contribution < 1.29 is 14.3 Å². The summed E-state index contributed by atoms with van der Waals surface area (Å²) in [6.07, 6.45) is 3.16. The standard InChI is InChI=1S/C23H32N2O3/c1-4-5-14-27-21-11-9-19(10-12-21)24-17-23(26)25-20-7-6-8-22(16-20)28-15-13-18(2)3/h6-12,16,18,24H,4-5,13-15,17H2,1-3H3,(H,25,26). The summed E-state index contributed by atoms with van der Waals surface area (Å²) in [6.45, 7) is 8.06. The molecule has 0 saturated carbocycles. The Morgan fingerprint density at radius 2 is 1.71 bits per heavy atom. The van der Waals surface area contributed by atoms with Crippen LogP contribution in [0.25, 0.3) is 0 Å². The largest absolute Gasteiger partial charge is 0.494 e. The van der Waals surface area contributed by atoms with Crippen molar-refractivity contribution in [2.24, 2.45) is 5.92 Å². The summed E-state index contributed by atoms with van der Waals surface area (Å²) >= 11 is 0. The van der Waals surface area contributed by atoms with Gasteiger partial charge >= 0.3 is 0 Å². The van der Waals surface area contributed by atoms with Gasteiger partial charge in [-0.2, -0.15) is 0 Å². The van der Waals surface area contributed by atoms with Crippen LogP contribution in [0.4, 0.5) is 11.4 Å². The first-order valence-corrected chi connectivity index (χ1v) is 10.1. The SMILES string of the molecule is CCCCOc1ccc(NCC(=O)Nc2cccc(OCCC(C)C)c2)cc1. The molecule has 0 aliphatic rings. The topological polar surface area (TPSA) is 59.6 Å². The van der Waals surface area contributed by atoms with Crippen molar-refractivity contribution in [1.29, 1.82) is 0 Å². The summed E-state index contributed by atoms with van der Waals surface area (Å²) in [6, 6.07) is 15.1. The van der Waals surface area contributed by atoms with Gasteiger partial charge in [-0.15, -0.1) is 0 Å². The van der Waals surface area contributed by atoms with Gasteiger partial charge in [0.05, 0.1) is 19.8 Å². The van der Waals surface area contributed by atoms with Gasteiger partial charge < -0.3 is 20.1 Å². The lowest BCUT2D eigenvalue weighted by atomic mass is 10.1. The lowest BCUT2D eigenvalue weighted by Gasteiger charge is -2.11. The Morgan fingerprint density at radius 1 is 0.964 bits per heavy atom. The normalized spacial score (nSPS) is 10.6. The van der Waals surface area contributed by atoms with E-state index in [0.29, 0.717) is 12.5 Å². The van der Waals surface area contributed by atoms with E-state index in [1.807, 2.05) is 48.5 Å². The maximum atomic E-state index is 12.2. The Kier molecular flexibility index (Phi) is 9.19. The van der Waals surface area contributed by atoms with Crippen LogP contribution in [0.1, 0.15) is 40.0 Å². The van der Waals surface area contributed by atoms with Crippen LogP contribution >= 0.6 is 0 Å². The molecule has 0 unspecified atom stereocenters. The molecule has 5 nitrogen and oxygen atoms in total. The summed E-state index contributed by atoms with van der Waals surface area (Å²) in [5, 5.41) is 6.01. The number of unbranched alkanes of at least 4 members (excludes halogenated alkanes) is 1. The van der Waals surface area contributed by atoms with E-state index in [2.05, 4.69) is 31.4 Å². The number of hydrogen-bond donors (Lipinski definition) is 2. The molecule has 0 aliphatic carbocycles. The Morgan fingerprint density at radius 3 is 2.43 bits per heavy atom. The zero-order chi connectivity index (χ0) is 20.2. The monoisotopic (exact) mass is 384 g/mol. The fourth-order valence-corrected chi connectivity index (χ4v) is 2.47. The average molecular weight is 385 g/mol. The highest BCUT2D eigenvalue weighted by Crippen LogP contribution is 2.19. The molecule has 0 fully saturated rings. The molecule has 28 heavy (non-hydrogen) atoms. The van der Waals surface area contributed by atoms with Gasteiger partial charge in [-0.05, 0) is 55.2 Å². The number of carbonyl (C=O) groups is 1. The highest BCUT2D eigenvalue weighted by Gasteiger charge is 2.04. The summed E-state index contributed by atoms with van der Waals surface area (Å²) in [5.41, 5.74) is 1.61. The van der Waals surface area contributed by atoms with Crippen molar-refractivity contribution in [2.45, 2.75) is 40.0 Å². The van der Waals surface area contributed by atoms with Gasteiger partial charge in [-0.3, -0.25) is 4.79 Å². The highest BCUT2D eigenvalue weighted by atomic mass is 16.5. The molecule has 5 heteroatoms. The number of anilines is 2. The second kappa shape index (κ2) is 11.9. The van der Waals surface area contributed by atoms with Gasteiger partial charge in [0.15, 0.2) is 0 Å². The molecule has 2 N–H and O–H groups in total. The molecule has 0 atom stereocenters. The van der Waals surface area contributed by atoms with Crippen LogP contribution in [0.5, 0.6) is 11.5 Å². The van der Waals surface area contributed by atoms with E-state index in [4.69, 9.17) is 9.47 Å². The number of benzene rings is 2. The Labute approximate surface area is 168 Å². The van der Waals surface area contributed by atoms with E-state index < -0.39 is 0 Å². The maximum Gasteiger partial charge on any atom is 0.243 e. The minimum Gasteiger partial charge on any atom is -0.494 e. The molecular formula is C23H32N2O3. The molecule has 2 rings (SSSR count). The molecule has 0 radical (unpaired) electrons. The number of hydrogen-bond acceptors (Lipinski definition) is 4. The molecule has 0 saturated heterocycles. The number of nitrogens with one attached hydrogen (secondary N) is 2. The zero-order valence-electron chi connectivity index (χ0n) is 17.2. The molecule has 0 bridgehead atoms. The van der Waals surface area contributed by atoms with E-state index >= 15 is 0 Å². The Hall–Kier alpha value is -2.69. The van der Waals surface area contributed by atoms with Crippen molar-refractivity contribution in [3.63, 3.8) is 0 Å². The van der Waals surface area contributed by atoms with Crippen LogP contribution in [0.2, 0.25) is 0 Å². The van der Waals surface area contributed by atoms with Gasteiger partial charge in [-0.25, -0.2) is 0 Å². The Bertz CT molecular complexity index is 714. The number of carbonyl (C=O) groups excluding carboxylic acids is 1. The van der Waals surface area contributed by atoms with Crippen LogP contribution in [0.3, 0.4) is 0 Å². The van der Waals surface area contributed by atoms with Crippen molar-refractivity contribution in [1.82, 2.24) is 0 Å². The highest BCUT2D eigenvalue weighted by molar-refractivity contribution is 5.93. The predicted octanol–water partition coefficient (Wildman–Crippen LogP) is 5.34. The van der Waals surface area contributed by atoms with Crippen molar-refractivity contribution in [2.75, 3.05) is 30.4 Å². The smallest absolute Gasteiger partial charge is 0.243 e. The van der Waals surface area contributed by atoms with Crippen LogP contribution in [0.15, 0.2) is 48.5 Å². The van der Waals surface area contributed by atoms with Crippen LogP contribution < -0.4 is 20.1 Å². The van der Waals surface area contributed by atoms with Crippen LogP contribution in [-0.4, -0.2) is 25.7 Å². The fourth-order valence-electron chi connectivity index (χ4n) is 2.47. The fraction of sp³-hybridized carbons (Fsp3) is 0.435. The van der Waals surface area contributed by atoms with E-state index in [9.17, 15) is 4.79 Å². The van der Waals surface area contributed by atoms with Gasteiger partial charge in [-0.1, -0.05) is 33.3 Å². The molecule has 152 valence electrons. The minimum atomic E-state index is -0.109. The van der Waals surface area contributed by atoms with Gasteiger partial charge in [0.1, 0.15) is 11.5 Å². The molecule has 2 aromatic carbocycles. The summed E-state index contributed by atoms with van der Waals surface area (Å²) < 4.78 is 11.4. The molecule has 0 aliphatic heterocycles. The first-order valence-electron chi connectivity index (χ1n) is 10.1.